The van der Waals surface area contributed by atoms with Crippen LogP contribution in [0.3, 0.4) is 0 Å². The van der Waals surface area contributed by atoms with E-state index in [9.17, 15) is 9.90 Å². The second kappa shape index (κ2) is 9.94. The van der Waals surface area contributed by atoms with Crippen molar-refractivity contribution in [2.24, 2.45) is 5.10 Å². The number of hydrogen-bond acceptors (Lipinski definition) is 7. The summed E-state index contributed by atoms with van der Waals surface area (Å²) in [6.45, 7) is -0.326. The molecule has 0 bridgehead atoms. The van der Waals surface area contributed by atoms with Gasteiger partial charge in [-0.15, -0.1) is 5.10 Å². The van der Waals surface area contributed by atoms with E-state index in [0.29, 0.717) is 11.4 Å². The summed E-state index contributed by atoms with van der Waals surface area (Å²) < 4.78 is 5.44. The summed E-state index contributed by atoms with van der Waals surface area (Å²) in [4.78, 5) is 16.5. The number of rotatable bonds is 7. The lowest BCUT2D eigenvalue weighted by molar-refractivity contribution is -0.123. The first-order valence-corrected chi connectivity index (χ1v) is 9.78. The lowest BCUT2D eigenvalue weighted by atomic mass is 10.0. The van der Waals surface area contributed by atoms with Gasteiger partial charge in [0.05, 0.1) is 6.21 Å². The molecule has 1 amide bonds. The fraction of sp³-hybridized carbons (Fsp3) is 0.0417. The van der Waals surface area contributed by atoms with Crippen molar-refractivity contribution >= 4 is 12.1 Å². The molecule has 0 aliphatic rings. The molecule has 8 heteroatoms. The van der Waals surface area contributed by atoms with E-state index >= 15 is 0 Å². The average molecular weight is 425 g/mol. The maximum Gasteiger partial charge on any atom is 0.336 e. The molecular weight excluding hydrogens is 406 g/mol. The summed E-state index contributed by atoms with van der Waals surface area (Å²) in [5, 5.41) is 21.5. The van der Waals surface area contributed by atoms with Crippen LogP contribution in [0.2, 0.25) is 0 Å². The van der Waals surface area contributed by atoms with E-state index in [-0.39, 0.29) is 18.4 Å². The van der Waals surface area contributed by atoms with Gasteiger partial charge in [0.15, 0.2) is 6.61 Å². The molecule has 0 spiro atoms. The Bertz CT molecular complexity index is 1210. The van der Waals surface area contributed by atoms with Crippen molar-refractivity contribution in [1.82, 2.24) is 20.6 Å². The van der Waals surface area contributed by atoms with Crippen molar-refractivity contribution in [1.29, 1.82) is 0 Å². The van der Waals surface area contributed by atoms with E-state index in [1.54, 1.807) is 12.1 Å². The zero-order valence-corrected chi connectivity index (χ0v) is 16.9. The third-order valence-corrected chi connectivity index (χ3v) is 4.39. The number of phenolic OH excluding ortho intramolecular Hbond substituents is 1. The van der Waals surface area contributed by atoms with Gasteiger partial charge in [0.2, 0.25) is 0 Å². The first-order valence-electron chi connectivity index (χ1n) is 9.78. The molecule has 0 saturated carbocycles. The third kappa shape index (κ3) is 5.31. The predicted molar refractivity (Wildman–Crippen MR) is 120 cm³/mol. The number of benzene rings is 3. The van der Waals surface area contributed by atoms with Crippen molar-refractivity contribution < 1.29 is 14.6 Å². The van der Waals surface area contributed by atoms with Crippen LogP contribution >= 0.6 is 0 Å². The maximum atomic E-state index is 12.0. The molecule has 32 heavy (non-hydrogen) atoms. The molecule has 4 rings (SSSR count). The Morgan fingerprint density at radius 3 is 2.16 bits per heavy atom. The molecule has 8 nitrogen and oxygen atoms in total. The van der Waals surface area contributed by atoms with Crippen LogP contribution < -0.4 is 10.2 Å². The van der Waals surface area contributed by atoms with Gasteiger partial charge in [0.1, 0.15) is 17.1 Å². The largest absolute Gasteiger partial charge is 0.508 e. The number of nitrogens with zero attached hydrogens (tertiary/aromatic N) is 4. The van der Waals surface area contributed by atoms with E-state index in [4.69, 9.17) is 4.74 Å². The van der Waals surface area contributed by atoms with Gasteiger partial charge in [-0.1, -0.05) is 65.8 Å². The Balaban J connectivity index is 1.46. The van der Waals surface area contributed by atoms with Gasteiger partial charge in [0, 0.05) is 11.1 Å². The lowest BCUT2D eigenvalue weighted by Gasteiger charge is -2.09. The first kappa shape index (κ1) is 20.7. The van der Waals surface area contributed by atoms with E-state index in [2.05, 4.69) is 25.7 Å². The van der Waals surface area contributed by atoms with Crippen molar-refractivity contribution in [3.8, 4) is 34.3 Å². The van der Waals surface area contributed by atoms with Crippen LogP contribution in [0.25, 0.3) is 22.5 Å². The number of aromatic hydroxyl groups is 1. The Morgan fingerprint density at radius 2 is 1.50 bits per heavy atom. The highest BCUT2D eigenvalue weighted by Crippen LogP contribution is 2.29. The van der Waals surface area contributed by atoms with Gasteiger partial charge in [-0.05, 0) is 29.8 Å². The highest BCUT2D eigenvalue weighted by Gasteiger charge is 2.14. The zero-order chi connectivity index (χ0) is 22.2. The second-order valence-corrected chi connectivity index (χ2v) is 6.70. The van der Waals surface area contributed by atoms with E-state index < -0.39 is 5.91 Å². The van der Waals surface area contributed by atoms with Crippen LogP contribution in [0, 0.1) is 0 Å². The Hall–Kier alpha value is -4.59. The highest BCUT2D eigenvalue weighted by molar-refractivity contribution is 5.83. The van der Waals surface area contributed by atoms with Crippen molar-refractivity contribution in [2.75, 3.05) is 6.61 Å². The molecule has 1 heterocycles. The predicted octanol–water partition coefficient (Wildman–Crippen LogP) is 3.44. The first-order chi connectivity index (χ1) is 15.7. The minimum absolute atomic E-state index is 0.0128. The smallest absolute Gasteiger partial charge is 0.336 e. The summed E-state index contributed by atoms with van der Waals surface area (Å²) in [5.74, 6) is -0.321. The third-order valence-electron chi connectivity index (χ3n) is 4.39. The molecule has 0 atom stereocenters. The second-order valence-electron chi connectivity index (χ2n) is 6.70. The molecule has 0 fully saturated rings. The molecule has 0 aliphatic carbocycles. The van der Waals surface area contributed by atoms with E-state index in [1.165, 1.54) is 18.3 Å². The van der Waals surface area contributed by atoms with Gasteiger partial charge < -0.3 is 9.84 Å². The summed E-state index contributed by atoms with van der Waals surface area (Å²) in [6, 6.07) is 25.6. The minimum Gasteiger partial charge on any atom is -0.508 e. The van der Waals surface area contributed by atoms with Crippen molar-refractivity contribution in [3.05, 3.63) is 90.5 Å². The van der Waals surface area contributed by atoms with Crippen LogP contribution in [0.1, 0.15) is 5.56 Å². The number of ether oxygens (including phenoxy) is 1. The summed E-state index contributed by atoms with van der Waals surface area (Å²) in [5.41, 5.74) is 6.04. The standard InChI is InChI=1S/C24H19N5O3/c30-20-13-11-17(12-14-20)15-25-27-21(31)16-32-24-26-22(18-7-3-1-4-8-18)23(28-29-24)19-9-5-2-6-10-19/h1-15,30H,16H2,(H,27,31)/b25-15+. The van der Waals surface area contributed by atoms with Crippen molar-refractivity contribution in [2.45, 2.75) is 0 Å². The number of carbonyl (C=O) groups is 1. The van der Waals surface area contributed by atoms with E-state index in [0.717, 1.165) is 16.7 Å². The summed E-state index contributed by atoms with van der Waals surface area (Å²) in [6.07, 6.45) is 1.46. The molecular formula is C24H19N5O3. The fourth-order valence-electron chi connectivity index (χ4n) is 2.86. The quantitative estimate of drug-likeness (QED) is 0.347. The molecule has 4 aromatic rings. The van der Waals surface area contributed by atoms with Gasteiger partial charge in [-0.3, -0.25) is 4.79 Å². The molecule has 0 unspecified atom stereocenters. The minimum atomic E-state index is -0.475. The maximum absolute atomic E-state index is 12.0. The highest BCUT2D eigenvalue weighted by atomic mass is 16.5. The number of phenols is 1. The Morgan fingerprint density at radius 1 is 0.875 bits per heavy atom. The zero-order valence-electron chi connectivity index (χ0n) is 16.9. The Labute approximate surface area is 184 Å². The molecule has 0 saturated heterocycles. The molecule has 0 radical (unpaired) electrons. The van der Waals surface area contributed by atoms with Gasteiger partial charge in [-0.2, -0.15) is 10.1 Å². The number of carbonyl (C=O) groups excluding carboxylic acids is 1. The molecule has 2 N–H and O–H groups in total. The van der Waals surface area contributed by atoms with Crippen molar-refractivity contribution in [3.63, 3.8) is 0 Å². The van der Waals surface area contributed by atoms with Crippen LogP contribution in [0.4, 0.5) is 0 Å². The molecule has 1 aromatic heterocycles. The number of amides is 1. The molecule has 158 valence electrons. The summed E-state index contributed by atoms with van der Waals surface area (Å²) in [7, 11) is 0. The topological polar surface area (TPSA) is 110 Å². The van der Waals surface area contributed by atoms with E-state index in [1.807, 2.05) is 60.7 Å². The molecule has 3 aromatic carbocycles. The number of hydrogen-bond donors (Lipinski definition) is 2. The lowest BCUT2D eigenvalue weighted by Crippen LogP contribution is -2.25. The van der Waals surface area contributed by atoms with Crippen LogP contribution in [0.5, 0.6) is 11.8 Å². The SMILES string of the molecule is O=C(COc1nnc(-c2ccccc2)c(-c2ccccc2)n1)N/N=C/c1ccc(O)cc1. The summed E-state index contributed by atoms with van der Waals surface area (Å²) >= 11 is 0. The normalized spacial score (nSPS) is 10.8. The fourth-order valence-corrected chi connectivity index (χ4v) is 2.86. The number of nitrogens with one attached hydrogen (secondary N) is 1. The molecule has 0 aliphatic heterocycles. The van der Waals surface area contributed by atoms with Gasteiger partial charge in [0.25, 0.3) is 5.91 Å². The number of hydrazone groups is 1. The Kier molecular flexibility index (Phi) is 6.42. The van der Waals surface area contributed by atoms with Crippen LogP contribution in [-0.4, -0.2) is 39.0 Å². The monoisotopic (exact) mass is 425 g/mol. The average Bonchev–Trinajstić information content (AvgIpc) is 2.85. The number of aromatic nitrogens is 3. The van der Waals surface area contributed by atoms with Gasteiger partial charge >= 0.3 is 6.01 Å². The van der Waals surface area contributed by atoms with Crippen LogP contribution in [-0.2, 0) is 4.79 Å². The van der Waals surface area contributed by atoms with Crippen LogP contribution in [0.15, 0.2) is 90.0 Å². The van der Waals surface area contributed by atoms with Gasteiger partial charge in [-0.25, -0.2) is 5.43 Å².